The molecule has 5 heteroatoms. The molecule has 5 nitrogen and oxygen atoms in total. The highest BCUT2D eigenvalue weighted by Gasteiger charge is 2.14. The van der Waals surface area contributed by atoms with Crippen LogP contribution < -0.4 is 5.32 Å². The van der Waals surface area contributed by atoms with E-state index in [1.54, 1.807) is 24.1 Å². The van der Waals surface area contributed by atoms with Gasteiger partial charge in [-0.25, -0.2) is 0 Å². The Labute approximate surface area is 153 Å². The highest BCUT2D eigenvalue weighted by molar-refractivity contribution is 5.92. The van der Waals surface area contributed by atoms with Crippen LogP contribution in [-0.4, -0.2) is 28.1 Å². The van der Waals surface area contributed by atoms with Crippen molar-refractivity contribution in [3.8, 4) is 0 Å². The smallest absolute Gasteiger partial charge is 0.274 e. The Bertz CT molecular complexity index is 892. The fourth-order valence-corrected chi connectivity index (χ4v) is 2.66. The summed E-state index contributed by atoms with van der Waals surface area (Å²) in [5.41, 5.74) is 4.76. The van der Waals surface area contributed by atoms with Crippen LogP contribution in [0.2, 0.25) is 0 Å². The second-order valence-electron chi connectivity index (χ2n) is 6.32. The molecule has 0 atom stereocenters. The van der Waals surface area contributed by atoms with E-state index in [1.165, 1.54) is 5.56 Å². The minimum Gasteiger partial charge on any atom is -0.339 e. The molecular weight excluding hydrogens is 324 g/mol. The lowest BCUT2D eigenvalue weighted by atomic mass is 10.1. The Morgan fingerprint density at radius 2 is 1.73 bits per heavy atom. The first-order valence-electron chi connectivity index (χ1n) is 8.51. The van der Waals surface area contributed by atoms with Crippen molar-refractivity contribution >= 4 is 17.4 Å². The number of carbonyl (C=O) groups is 1. The highest BCUT2D eigenvalue weighted by Crippen LogP contribution is 2.21. The van der Waals surface area contributed by atoms with Crippen LogP contribution in [0.15, 0.2) is 60.7 Å². The molecule has 0 aliphatic carbocycles. The number of carbonyl (C=O) groups excluding carboxylic acids is 1. The molecule has 0 bridgehead atoms. The van der Waals surface area contributed by atoms with E-state index in [2.05, 4.69) is 35.4 Å². The minimum atomic E-state index is -0.153. The second-order valence-corrected chi connectivity index (χ2v) is 6.32. The fourth-order valence-electron chi connectivity index (χ4n) is 2.66. The Balaban J connectivity index is 1.68. The predicted molar refractivity (Wildman–Crippen MR) is 103 cm³/mol. The van der Waals surface area contributed by atoms with Crippen molar-refractivity contribution in [2.24, 2.45) is 0 Å². The van der Waals surface area contributed by atoms with Crippen LogP contribution in [0, 0.1) is 13.8 Å². The van der Waals surface area contributed by atoms with Crippen LogP contribution in [0.1, 0.15) is 27.2 Å². The first-order chi connectivity index (χ1) is 12.5. The van der Waals surface area contributed by atoms with Gasteiger partial charge in [-0.05, 0) is 48.7 Å². The van der Waals surface area contributed by atoms with Crippen molar-refractivity contribution in [2.75, 3.05) is 12.4 Å². The number of rotatable bonds is 5. The van der Waals surface area contributed by atoms with Crippen LogP contribution in [-0.2, 0) is 6.54 Å². The summed E-state index contributed by atoms with van der Waals surface area (Å²) in [5.74, 6) is 0.459. The quantitative estimate of drug-likeness (QED) is 0.755. The lowest BCUT2D eigenvalue weighted by Crippen LogP contribution is -2.27. The molecule has 3 rings (SSSR count). The van der Waals surface area contributed by atoms with Gasteiger partial charge in [0.1, 0.15) is 0 Å². The number of anilines is 2. The highest BCUT2D eigenvalue weighted by atomic mass is 16.2. The molecule has 0 spiro atoms. The number of nitrogens with zero attached hydrogens (tertiary/aromatic N) is 3. The molecule has 0 saturated heterocycles. The summed E-state index contributed by atoms with van der Waals surface area (Å²) in [7, 11) is 1.76. The van der Waals surface area contributed by atoms with Gasteiger partial charge < -0.3 is 10.2 Å². The molecule has 2 aromatic carbocycles. The first kappa shape index (κ1) is 17.6. The van der Waals surface area contributed by atoms with Crippen molar-refractivity contribution in [1.82, 2.24) is 15.1 Å². The molecule has 3 aromatic rings. The Kier molecular flexibility index (Phi) is 5.27. The summed E-state index contributed by atoms with van der Waals surface area (Å²) < 4.78 is 0. The molecule has 0 aliphatic rings. The lowest BCUT2D eigenvalue weighted by Gasteiger charge is -2.16. The van der Waals surface area contributed by atoms with E-state index >= 15 is 0 Å². The van der Waals surface area contributed by atoms with Crippen LogP contribution in [0.25, 0.3) is 0 Å². The average Bonchev–Trinajstić information content (AvgIpc) is 2.66. The van der Waals surface area contributed by atoms with Crippen molar-refractivity contribution in [3.63, 3.8) is 0 Å². The maximum absolute atomic E-state index is 12.5. The number of aromatic nitrogens is 2. The average molecular weight is 346 g/mol. The van der Waals surface area contributed by atoms with E-state index in [0.29, 0.717) is 18.1 Å². The Morgan fingerprint density at radius 3 is 2.42 bits per heavy atom. The monoisotopic (exact) mass is 346 g/mol. The van der Waals surface area contributed by atoms with Gasteiger partial charge in [-0.3, -0.25) is 4.79 Å². The zero-order chi connectivity index (χ0) is 18.5. The summed E-state index contributed by atoms with van der Waals surface area (Å²) in [6, 6.07) is 19.4. The van der Waals surface area contributed by atoms with Gasteiger partial charge >= 0.3 is 0 Å². The Hall–Kier alpha value is -3.21. The number of amides is 1. The van der Waals surface area contributed by atoms with Gasteiger partial charge in [-0.1, -0.05) is 42.5 Å². The van der Waals surface area contributed by atoms with E-state index in [9.17, 15) is 4.79 Å². The summed E-state index contributed by atoms with van der Waals surface area (Å²) in [5, 5.41) is 11.5. The van der Waals surface area contributed by atoms with E-state index in [1.807, 2.05) is 42.5 Å². The van der Waals surface area contributed by atoms with Crippen LogP contribution in [0.5, 0.6) is 0 Å². The maximum atomic E-state index is 12.5. The molecule has 26 heavy (non-hydrogen) atoms. The second kappa shape index (κ2) is 7.78. The van der Waals surface area contributed by atoms with E-state index < -0.39 is 0 Å². The van der Waals surface area contributed by atoms with Gasteiger partial charge in [0.25, 0.3) is 5.91 Å². The zero-order valence-electron chi connectivity index (χ0n) is 15.2. The molecule has 1 N–H and O–H groups in total. The van der Waals surface area contributed by atoms with Crippen LogP contribution in [0.4, 0.5) is 11.5 Å². The molecule has 1 aromatic heterocycles. The topological polar surface area (TPSA) is 58.1 Å². The molecule has 0 radical (unpaired) electrons. The van der Waals surface area contributed by atoms with E-state index in [-0.39, 0.29) is 5.91 Å². The Morgan fingerprint density at radius 1 is 0.962 bits per heavy atom. The van der Waals surface area contributed by atoms with Gasteiger partial charge in [0.05, 0.1) is 0 Å². The third-order valence-electron chi connectivity index (χ3n) is 4.36. The fraction of sp³-hybridized carbons (Fsp3) is 0.190. The van der Waals surface area contributed by atoms with Gasteiger partial charge in [-0.2, -0.15) is 0 Å². The molecule has 0 unspecified atom stereocenters. The zero-order valence-corrected chi connectivity index (χ0v) is 15.2. The van der Waals surface area contributed by atoms with E-state index in [0.717, 1.165) is 16.8 Å². The molecular formula is C21H22N4O. The van der Waals surface area contributed by atoms with Crippen molar-refractivity contribution in [3.05, 3.63) is 83.0 Å². The normalized spacial score (nSPS) is 10.4. The number of hydrogen-bond donors (Lipinski definition) is 1. The molecule has 1 amide bonds. The van der Waals surface area contributed by atoms with Crippen molar-refractivity contribution in [2.45, 2.75) is 20.4 Å². The molecule has 1 heterocycles. The number of hydrogen-bond acceptors (Lipinski definition) is 4. The molecule has 132 valence electrons. The third-order valence-corrected chi connectivity index (χ3v) is 4.36. The largest absolute Gasteiger partial charge is 0.339 e. The number of benzene rings is 2. The molecule has 0 fully saturated rings. The SMILES string of the molecule is Cc1cccc(Nc2ccc(C(=O)N(C)Cc3ccccc3)nn2)c1C. The van der Waals surface area contributed by atoms with E-state index in [4.69, 9.17) is 0 Å². The summed E-state index contributed by atoms with van der Waals surface area (Å²) in [6.07, 6.45) is 0. The van der Waals surface area contributed by atoms with Gasteiger partial charge in [0.2, 0.25) is 0 Å². The van der Waals surface area contributed by atoms with Crippen LogP contribution >= 0.6 is 0 Å². The van der Waals surface area contributed by atoms with Crippen molar-refractivity contribution in [1.29, 1.82) is 0 Å². The molecule has 0 aliphatic heterocycles. The maximum Gasteiger partial charge on any atom is 0.274 e. The number of nitrogens with one attached hydrogen (secondary N) is 1. The van der Waals surface area contributed by atoms with Crippen molar-refractivity contribution < 1.29 is 4.79 Å². The minimum absolute atomic E-state index is 0.153. The van der Waals surface area contributed by atoms with Gasteiger partial charge in [0, 0.05) is 19.3 Å². The summed E-state index contributed by atoms with van der Waals surface area (Å²) in [6.45, 7) is 4.65. The van der Waals surface area contributed by atoms with Crippen LogP contribution in [0.3, 0.4) is 0 Å². The first-order valence-corrected chi connectivity index (χ1v) is 8.51. The third kappa shape index (κ3) is 4.06. The molecule has 0 saturated carbocycles. The van der Waals surface area contributed by atoms with Gasteiger partial charge in [0.15, 0.2) is 11.5 Å². The predicted octanol–water partition coefficient (Wildman–Crippen LogP) is 4.11. The summed E-state index contributed by atoms with van der Waals surface area (Å²) in [4.78, 5) is 14.2. The summed E-state index contributed by atoms with van der Waals surface area (Å²) >= 11 is 0. The van der Waals surface area contributed by atoms with Gasteiger partial charge in [-0.15, -0.1) is 10.2 Å². The number of aryl methyl sites for hydroxylation is 1. The lowest BCUT2D eigenvalue weighted by molar-refractivity contribution is 0.0778. The standard InChI is InChI=1S/C21H22N4O/c1-15-8-7-11-18(16(15)2)22-20-13-12-19(23-24-20)21(26)25(3)14-17-9-5-4-6-10-17/h4-13H,14H2,1-3H3,(H,22,24).